The summed E-state index contributed by atoms with van der Waals surface area (Å²) >= 11 is 0. The van der Waals surface area contributed by atoms with Crippen molar-refractivity contribution < 1.29 is 131 Å². The van der Waals surface area contributed by atoms with E-state index >= 15 is 0 Å². The largest absolute Gasteiger partial charge is 2.00 e. The van der Waals surface area contributed by atoms with E-state index in [9.17, 15) is 0 Å². The molecule has 0 aliphatic heterocycles. The Bertz CT molecular complexity index is 76.6. The molecule has 6 nitrogen and oxygen atoms in total. The van der Waals surface area contributed by atoms with Crippen molar-refractivity contribution in [2.45, 2.75) is 0 Å². The van der Waals surface area contributed by atoms with Crippen LogP contribution in [0.3, 0.4) is 0 Å². The third kappa shape index (κ3) is 134. The minimum absolute atomic E-state index is 0. The zero-order valence-corrected chi connectivity index (χ0v) is 16.6. The van der Waals surface area contributed by atoms with E-state index in [1.807, 2.05) is 0 Å². The first-order valence-electron chi connectivity index (χ1n) is 1.22. The standard InChI is InChI=1S/Ca.2K.2O3Si/c;;;2*1-4(2)3/q+2;2*+1;2*-2. The molecule has 0 aromatic heterocycles. The first kappa shape index (κ1) is 29.3. The third-order valence-corrected chi connectivity index (χ3v) is 0. The van der Waals surface area contributed by atoms with Crippen molar-refractivity contribution >= 4 is 56.1 Å². The van der Waals surface area contributed by atoms with E-state index in [1.54, 1.807) is 0 Å². The molecule has 0 aromatic carbocycles. The summed E-state index contributed by atoms with van der Waals surface area (Å²) in [5.74, 6) is 0. The van der Waals surface area contributed by atoms with E-state index in [-0.39, 0.29) is 141 Å². The van der Waals surface area contributed by atoms with E-state index in [1.165, 1.54) is 0 Å². The minimum Gasteiger partial charge on any atom is -0.672 e. The Balaban J connectivity index is -0.0000000171. The van der Waals surface area contributed by atoms with E-state index in [0.717, 1.165) is 0 Å². The summed E-state index contributed by atoms with van der Waals surface area (Å²) in [6.45, 7) is 0. The Kier molecular flexibility index (Phi) is 62.7. The van der Waals surface area contributed by atoms with Crippen molar-refractivity contribution in [3.05, 3.63) is 0 Å². The molecule has 11 heavy (non-hydrogen) atoms. The molecule has 0 aliphatic rings. The fraction of sp³-hybridized carbons (Fsp3) is 0. The Labute approximate surface area is 181 Å². The third-order valence-electron chi connectivity index (χ3n) is 0. The second-order valence-electron chi connectivity index (χ2n) is 0.500. The molecule has 0 aliphatic carbocycles. The second-order valence-corrected chi connectivity index (χ2v) is 1.50. The molecule has 48 valence electrons. The van der Waals surface area contributed by atoms with Gasteiger partial charge in [-0.05, 0) is 0 Å². The van der Waals surface area contributed by atoms with E-state index in [4.69, 9.17) is 28.1 Å². The molecule has 0 heterocycles. The molecule has 0 radical (unpaired) electrons. The monoisotopic (exact) mass is 270 g/mol. The predicted octanol–water partition coefficient (Wildman–Crippen LogP) is -12.1. The summed E-state index contributed by atoms with van der Waals surface area (Å²) in [7, 11) is -7.26. The molecule has 0 amide bonds. The summed E-state index contributed by atoms with van der Waals surface area (Å²) in [6, 6.07) is 0. The molecule has 0 atom stereocenters. The van der Waals surface area contributed by atoms with Crippen LogP contribution in [0.2, 0.25) is 0 Å². The van der Waals surface area contributed by atoms with Gasteiger partial charge in [-0.1, -0.05) is 0 Å². The SMILES string of the molecule is O=[Si]([O-])[O-].O=[Si]([O-])[O-].[Ca+2].[K+].[K+]. The summed E-state index contributed by atoms with van der Waals surface area (Å²) in [6.07, 6.45) is 0. The molecule has 0 fully saturated rings. The van der Waals surface area contributed by atoms with Gasteiger partial charge in [0.05, 0.1) is 0 Å². The maximum Gasteiger partial charge on any atom is 2.00 e. The van der Waals surface area contributed by atoms with Gasteiger partial charge in [0.2, 0.25) is 0 Å². The minimum atomic E-state index is -3.63. The van der Waals surface area contributed by atoms with Gasteiger partial charge in [-0.2, -0.15) is 0 Å². The topological polar surface area (TPSA) is 126 Å². The van der Waals surface area contributed by atoms with Crippen molar-refractivity contribution in [1.82, 2.24) is 0 Å². The second kappa shape index (κ2) is 23.5. The number of rotatable bonds is 0. The van der Waals surface area contributed by atoms with Crippen LogP contribution in [0.25, 0.3) is 0 Å². The fourth-order valence-electron chi connectivity index (χ4n) is 0. The van der Waals surface area contributed by atoms with Gasteiger partial charge in [0.15, 0.2) is 0 Å². The number of hydrogen-bond donors (Lipinski definition) is 0. The number of hydrogen-bond acceptors (Lipinski definition) is 6. The zero-order valence-electron chi connectivity index (χ0n) is 6.16. The molecule has 0 saturated heterocycles. The van der Waals surface area contributed by atoms with E-state index < -0.39 is 18.3 Å². The summed E-state index contributed by atoms with van der Waals surface area (Å²) in [4.78, 5) is 34.1. The van der Waals surface area contributed by atoms with Gasteiger partial charge in [0.25, 0.3) is 0 Å². The summed E-state index contributed by atoms with van der Waals surface area (Å²) in [5, 5.41) is 0. The smallest absolute Gasteiger partial charge is 0.672 e. The molecule has 0 aromatic rings. The van der Waals surface area contributed by atoms with Crippen molar-refractivity contribution in [2.75, 3.05) is 0 Å². The normalized spacial score (nSPS) is 4.36. The van der Waals surface area contributed by atoms with Crippen LogP contribution in [0.4, 0.5) is 0 Å². The van der Waals surface area contributed by atoms with Gasteiger partial charge < -0.3 is 28.1 Å². The summed E-state index contributed by atoms with van der Waals surface area (Å²) in [5.41, 5.74) is 0. The van der Waals surface area contributed by atoms with Gasteiger partial charge >= 0.3 is 141 Å². The van der Waals surface area contributed by atoms with Crippen LogP contribution < -0.4 is 122 Å². The maximum atomic E-state index is 8.52. The summed E-state index contributed by atoms with van der Waals surface area (Å²) < 4.78 is 17.0. The molecular weight excluding hydrogens is 270 g/mol. The average Bonchev–Trinajstić information content (AvgIpc) is 1.25. The molecular formula is CaK2O6Si2. The van der Waals surface area contributed by atoms with Crippen molar-refractivity contribution in [1.29, 1.82) is 0 Å². The van der Waals surface area contributed by atoms with Crippen molar-refractivity contribution in [3.8, 4) is 0 Å². The van der Waals surface area contributed by atoms with Crippen molar-refractivity contribution in [2.24, 2.45) is 0 Å². The van der Waals surface area contributed by atoms with Crippen molar-refractivity contribution in [3.63, 3.8) is 0 Å². The van der Waals surface area contributed by atoms with Gasteiger partial charge in [0.1, 0.15) is 0 Å². The molecule has 0 saturated carbocycles. The molecule has 0 N–H and O–H groups in total. The van der Waals surface area contributed by atoms with Crippen LogP contribution in [0.15, 0.2) is 0 Å². The molecule has 0 spiro atoms. The van der Waals surface area contributed by atoms with Crippen LogP contribution in [0.1, 0.15) is 0 Å². The van der Waals surface area contributed by atoms with Gasteiger partial charge in [-0.15, -0.1) is 0 Å². The quantitative estimate of drug-likeness (QED) is 0.402. The van der Waals surface area contributed by atoms with Crippen LogP contribution in [0, 0.1) is 0 Å². The Morgan fingerprint density at radius 2 is 0.727 bits per heavy atom. The van der Waals surface area contributed by atoms with Crippen LogP contribution in [0.5, 0.6) is 0 Å². The Morgan fingerprint density at radius 3 is 0.727 bits per heavy atom. The van der Waals surface area contributed by atoms with Gasteiger partial charge in [-0.3, -0.25) is 0 Å². The molecule has 0 bridgehead atoms. The van der Waals surface area contributed by atoms with E-state index in [0.29, 0.717) is 0 Å². The maximum absolute atomic E-state index is 8.52. The first-order valence-corrected chi connectivity index (χ1v) is 3.67. The Morgan fingerprint density at radius 1 is 0.727 bits per heavy atom. The van der Waals surface area contributed by atoms with Crippen LogP contribution in [-0.4, -0.2) is 56.1 Å². The van der Waals surface area contributed by atoms with Gasteiger partial charge in [0, 0.05) is 18.3 Å². The van der Waals surface area contributed by atoms with Crippen LogP contribution in [-0.2, 0) is 8.92 Å². The molecule has 0 unspecified atom stereocenters. The van der Waals surface area contributed by atoms with E-state index in [2.05, 4.69) is 0 Å². The Hall–Kier alpha value is 3.77. The predicted molar refractivity (Wildman–Crippen MR) is 18.6 cm³/mol. The van der Waals surface area contributed by atoms with Gasteiger partial charge in [-0.25, -0.2) is 0 Å². The van der Waals surface area contributed by atoms with Crippen LogP contribution >= 0.6 is 0 Å². The average molecular weight is 270 g/mol. The fourth-order valence-corrected chi connectivity index (χ4v) is 0. The molecule has 11 heteroatoms. The zero-order chi connectivity index (χ0) is 7.15. The molecule has 0 rings (SSSR count). The first-order chi connectivity index (χ1) is 3.46.